The largest absolute Gasteiger partial charge is 0.497 e. The Labute approximate surface area is 255 Å². The lowest BCUT2D eigenvalue weighted by Crippen LogP contribution is -2.37. The summed E-state index contributed by atoms with van der Waals surface area (Å²) >= 11 is 0. The number of aryl methyl sites for hydroxylation is 1. The van der Waals surface area contributed by atoms with E-state index < -0.39 is 11.9 Å². The van der Waals surface area contributed by atoms with Crippen LogP contribution in [0.3, 0.4) is 0 Å². The molecule has 0 aliphatic heterocycles. The van der Waals surface area contributed by atoms with Crippen molar-refractivity contribution in [1.82, 2.24) is 5.32 Å². The van der Waals surface area contributed by atoms with E-state index in [4.69, 9.17) is 15.2 Å². The van der Waals surface area contributed by atoms with Crippen LogP contribution in [0.15, 0.2) is 103 Å². The molecular weight excluding hydrogens is 540 g/mol. The fourth-order valence-corrected chi connectivity index (χ4v) is 4.42. The van der Waals surface area contributed by atoms with Crippen molar-refractivity contribution in [2.75, 3.05) is 20.8 Å². The Morgan fingerprint density at radius 3 is 2.14 bits per heavy atom. The lowest BCUT2D eigenvalue weighted by atomic mass is 9.94. The van der Waals surface area contributed by atoms with Gasteiger partial charge in [-0.1, -0.05) is 60.7 Å². The number of nitrogens with one attached hydrogen (secondary N) is 1. The van der Waals surface area contributed by atoms with E-state index in [0.717, 1.165) is 37.3 Å². The van der Waals surface area contributed by atoms with Gasteiger partial charge in [-0.05, 0) is 98.8 Å². The van der Waals surface area contributed by atoms with Gasteiger partial charge in [-0.25, -0.2) is 4.79 Å². The normalized spacial score (nSPS) is 10.7. The Hall–Kier alpha value is -4.62. The number of hydrogen-bond donors (Lipinski definition) is 2. The molecule has 0 fully saturated rings. The van der Waals surface area contributed by atoms with Crippen LogP contribution in [0, 0.1) is 0 Å². The van der Waals surface area contributed by atoms with Gasteiger partial charge in [0.1, 0.15) is 18.1 Å². The van der Waals surface area contributed by atoms with Gasteiger partial charge in [0.25, 0.3) is 0 Å². The van der Waals surface area contributed by atoms with E-state index in [-0.39, 0.29) is 5.54 Å². The Balaban J connectivity index is 0.000000326. The molecule has 4 aromatic carbocycles. The minimum Gasteiger partial charge on any atom is -0.497 e. The number of carbonyl (C=O) groups excluding carboxylic acids is 2. The number of hydrogen-bond acceptors (Lipinski definition) is 6. The highest BCUT2D eigenvalue weighted by atomic mass is 16.5. The third-order valence-electron chi connectivity index (χ3n) is 6.97. The van der Waals surface area contributed by atoms with Gasteiger partial charge in [0.05, 0.1) is 19.8 Å². The summed E-state index contributed by atoms with van der Waals surface area (Å²) in [4.78, 5) is 21.7. The number of methoxy groups -OCH3 is 2. The highest BCUT2D eigenvalue weighted by Crippen LogP contribution is 2.24. The number of rotatable bonds is 13. The van der Waals surface area contributed by atoms with Crippen molar-refractivity contribution in [3.8, 4) is 11.5 Å². The predicted octanol–water partition coefficient (Wildman–Crippen LogP) is 6.69. The van der Waals surface area contributed by atoms with Crippen LogP contribution in [0.1, 0.15) is 64.1 Å². The average molecular weight is 583 g/mol. The average Bonchev–Trinajstić information content (AvgIpc) is 3.04. The predicted molar refractivity (Wildman–Crippen MR) is 170 cm³/mol. The van der Waals surface area contributed by atoms with E-state index in [1.807, 2.05) is 36.4 Å². The second-order valence-corrected chi connectivity index (χ2v) is 10.6. The third kappa shape index (κ3) is 10.9. The van der Waals surface area contributed by atoms with Crippen LogP contribution < -0.4 is 20.5 Å². The molecule has 4 rings (SSSR count). The van der Waals surface area contributed by atoms with Crippen molar-refractivity contribution in [3.05, 3.63) is 131 Å². The molecule has 0 bridgehead atoms. The zero-order valence-corrected chi connectivity index (χ0v) is 25.5. The molecule has 0 heterocycles. The first-order chi connectivity index (χ1) is 20.7. The van der Waals surface area contributed by atoms with E-state index in [1.165, 1.54) is 35.9 Å². The number of ether oxygens (including phenoxy) is 3. The van der Waals surface area contributed by atoms with Crippen LogP contribution in [0.2, 0.25) is 0 Å². The first-order valence-electron chi connectivity index (χ1n) is 14.3. The first-order valence-corrected chi connectivity index (χ1v) is 14.3. The van der Waals surface area contributed by atoms with Crippen LogP contribution in [-0.4, -0.2) is 32.6 Å². The molecule has 226 valence electrons. The summed E-state index contributed by atoms with van der Waals surface area (Å²) in [7, 11) is 2.99. The van der Waals surface area contributed by atoms with Crippen molar-refractivity contribution >= 4 is 11.9 Å². The van der Waals surface area contributed by atoms with Crippen molar-refractivity contribution < 1.29 is 23.8 Å². The number of nitrogens with two attached hydrogens (primary N) is 1. The quantitative estimate of drug-likeness (QED) is 0.135. The Morgan fingerprint density at radius 1 is 0.744 bits per heavy atom. The molecule has 0 aliphatic carbocycles. The van der Waals surface area contributed by atoms with Crippen LogP contribution in [0.25, 0.3) is 0 Å². The SMILES string of the molecule is COC(=O)c1cccc(C(N)=O)c1.COc1cccc(C(C)(C)NCCCCc2cccc(OCc3ccccc3)c2)c1. The monoisotopic (exact) mass is 582 g/mol. The van der Waals surface area contributed by atoms with E-state index in [2.05, 4.69) is 66.4 Å². The van der Waals surface area contributed by atoms with Gasteiger partial charge < -0.3 is 25.3 Å². The molecule has 0 unspecified atom stereocenters. The smallest absolute Gasteiger partial charge is 0.337 e. The lowest BCUT2D eigenvalue weighted by Gasteiger charge is -2.27. The highest BCUT2D eigenvalue weighted by Gasteiger charge is 2.19. The zero-order chi connectivity index (χ0) is 31.1. The maximum atomic E-state index is 11.0. The van der Waals surface area contributed by atoms with Gasteiger partial charge in [0.15, 0.2) is 0 Å². The third-order valence-corrected chi connectivity index (χ3v) is 6.97. The molecule has 7 nitrogen and oxygen atoms in total. The summed E-state index contributed by atoms with van der Waals surface area (Å²) in [5, 5.41) is 3.68. The molecule has 7 heteroatoms. The summed E-state index contributed by atoms with van der Waals surface area (Å²) < 4.78 is 15.8. The minimum atomic E-state index is -0.564. The molecule has 0 aromatic heterocycles. The van der Waals surface area contributed by atoms with Gasteiger partial charge in [0.2, 0.25) is 5.91 Å². The van der Waals surface area contributed by atoms with Crippen molar-refractivity contribution in [2.24, 2.45) is 5.73 Å². The van der Waals surface area contributed by atoms with Crippen LogP contribution in [0.5, 0.6) is 11.5 Å². The van der Waals surface area contributed by atoms with Gasteiger partial charge in [0, 0.05) is 11.1 Å². The number of carbonyl (C=O) groups is 2. The second kappa shape index (κ2) is 16.7. The number of esters is 1. The van der Waals surface area contributed by atoms with Gasteiger partial charge in [-0.2, -0.15) is 0 Å². The Morgan fingerprint density at radius 2 is 1.42 bits per heavy atom. The van der Waals surface area contributed by atoms with Gasteiger partial charge in [-0.3, -0.25) is 4.79 Å². The maximum Gasteiger partial charge on any atom is 0.337 e. The fourth-order valence-electron chi connectivity index (χ4n) is 4.42. The first kappa shape index (κ1) is 32.9. The molecular formula is C36H42N2O5. The highest BCUT2D eigenvalue weighted by molar-refractivity contribution is 5.96. The molecule has 0 aliphatic rings. The van der Waals surface area contributed by atoms with Crippen LogP contribution >= 0.6 is 0 Å². The molecule has 0 radical (unpaired) electrons. The molecule has 0 saturated heterocycles. The van der Waals surface area contributed by atoms with Crippen molar-refractivity contribution in [3.63, 3.8) is 0 Å². The van der Waals surface area contributed by atoms with E-state index in [1.54, 1.807) is 19.2 Å². The molecule has 0 saturated carbocycles. The van der Waals surface area contributed by atoms with Crippen molar-refractivity contribution in [1.29, 1.82) is 0 Å². The lowest BCUT2D eigenvalue weighted by molar-refractivity contribution is 0.0600. The van der Waals surface area contributed by atoms with E-state index in [0.29, 0.717) is 17.7 Å². The summed E-state index contributed by atoms with van der Waals surface area (Å²) in [6.07, 6.45) is 3.33. The summed E-state index contributed by atoms with van der Waals surface area (Å²) in [5.74, 6) is 0.791. The van der Waals surface area contributed by atoms with Gasteiger partial charge >= 0.3 is 5.97 Å². The minimum absolute atomic E-state index is 0.0836. The molecule has 1 amide bonds. The number of benzene rings is 4. The van der Waals surface area contributed by atoms with Gasteiger partial charge in [-0.15, -0.1) is 0 Å². The Kier molecular flexibility index (Phi) is 12.8. The summed E-state index contributed by atoms with van der Waals surface area (Å²) in [6.45, 7) is 6.02. The van der Waals surface area contributed by atoms with Crippen LogP contribution in [0.4, 0.5) is 0 Å². The number of amides is 1. The van der Waals surface area contributed by atoms with E-state index >= 15 is 0 Å². The van der Waals surface area contributed by atoms with Crippen LogP contribution in [-0.2, 0) is 23.3 Å². The van der Waals surface area contributed by atoms with Crippen molar-refractivity contribution in [2.45, 2.75) is 45.3 Å². The summed E-state index contributed by atoms with van der Waals surface area (Å²) in [5.41, 5.74) is 9.32. The maximum absolute atomic E-state index is 11.0. The topological polar surface area (TPSA) is 99.9 Å². The molecule has 0 spiro atoms. The zero-order valence-electron chi connectivity index (χ0n) is 25.5. The van der Waals surface area contributed by atoms with E-state index in [9.17, 15) is 9.59 Å². The molecule has 43 heavy (non-hydrogen) atoms. The molecule has 3 N–H and O–H groups in total. The molecule has 4 aromatic rings. The molecule has 0 atom stereocenters. The second-order valence-electron chi connectivity index (χ2n) is 10.6. The number of primary amides is 1. The summed E-state index contributed by atoms with van der Waals surface area (Å²) in [6, 6.07) is 33.1. The fraction of sp³-hybridized carbons (Fsp3) is 0.278. The Bertz CT molecular complexity index is 1450. The standard InChI is InChI=1S/C27H33NO2.C9H9NO3/c1-27(2,24-15-10-16-25(20-24)29-3)28-18-8-7-11-22-14-9-17-26(19-22)30-21-23-12-5-4-6-13-23;1-13-9(12)7-4-2-3-6(5-7)8(10)11/h4-6,9-10,12-17,19-20,28H,7-8,11,18,21H2,1-3H3;2-5H,1H3,(H2,10,11). The number of unbranched alkanes of at least 4 members (excludes halogenated alkanes) is 1.